The molecule has 1 aliphatic heterocycles. The Morgan fingerprint density at radius 1 is 1.44 bits per heavy atom. The van der Waals surface area contributed by atoms with Gasteiger partial charge in [-0.15, -0.1) is 0 Å². The number of nitrogens with zero attached hydrogens (tertiary/aromatic N) is 1. The predicted octanol–water partition coefficient (Wildman–Crippen LogP) is 2.51. The monoisotopic (exact) mass is 248 g/mol. The van der Waals surface area contributed by atoms with Crippen LogP contribution in [-0.4, -0.2) is 29.1 Å². The summed E-state index contributed by atoms with van der Waals surface area (Å²) in [5, 5.41) is 9.98. The number of likely N-dealkylation sites (tertiary alicyclic amines) is 1. The Morgan fingerprint density at radius 3 is 2.83 bits per heavy atom. The van der Waals surface area contributed by atoms with E-state index in [1.54, 1.807) is 6.07 Å². The van der Waals surface area contributed by atoms with E-state index in [4.69, 9.17) is 5.73 Å². The van der Waals surface area contributed by atoms with Gasteiger partial charge in [-0.25, -0.2) is 0 Å². The number of hydrogen-bond acceptors (Lipinski definition) is 3. The quantitative estimate of drug-likeness (QED) is 0.864. The van der Waals surface area contributed by atoms with Crippen molar-refractivity contribution < 1.29 is 5.11 Å². The highest BCUT2D eigenvalue weighted by atomic mass is 16.3. The molecule has 0 saturated carbocycles. The van der Waals surface area contributed by atoms with Crippen LogP contribution in [0, 0.1) is 5.92 Å². The summed E-state index contributed by atoms with van der Waals surface area (Å²) >= 11 is 0. The minimum atomic E-state index is 0.225. The van der Waals surface area contributed by atoms with Crippen LogP contribution in [0.25, 0.3) is 0 Å². The van der Waals surface area contributed by atoms with Gasteiger partial charge in [0.15, 0.2) is 0 Å². The van der Waals surface area contributed by atoms with E-state index >= 15 is 0 Å². The molecule has 1 aliphatic rings. The van der Waals surface area contributed by atoms with E-state index in [0.29, 0.717) is 24.3 Å². The van der Waals surface area contributed by atoms with E-state index in [1.165, 1.54) is 12.8 Å². The van der Waals surface area contributed by atoms with Crippen LogP contribution >= 0.6 is 0 Å². The summed E-state index contributed by atoms with van der Waals surface area (Å²) in [6.07, 6.45) is 2.47. The number of benzene rings is 1. The van der Waals surface area contributed by atoms with Crippen LogP contribution in [0.3, 0.4) is 0 Å². The van der Waals surface area contributed by atoms with E-state index < -0.39 is 0 Å². The van der Waals surface area contributed by atoms with Gasteiger partial charge in [-0.05, 0) is 38.3 Å². The zero-order valence-electron chi connectivity index (χ0n) is 11.3. The average molecular weight is 248 g/mol. The lowest BCUT2D eigenvalue weighted by Gasteiger charge is -2.43. The molecule has 0 amide bonds. The van der Waals surface area contributed by atoms with Crippen LogP contribution in [0.1, 0.15) is 38.3 Å². The maximum absolute atomic E-state index is 9.98. The number of phenols is 1. The smallest absolute Gasteiger partial charge is 0.120 e. The molecule has 18 heavy (non-hydrogen) atoms. The van der Waals surface area contributed by atoms with Gasteiger partial charge in [-0.1, -0.05) is 25.1 Å². The van der Waals surface area contributed by atoms with Gasteiger partial charge in [-0.3, -0.25) is 4.90 Å². The Bertz CT molecular complexity index is 394. The SMILES string of the molecule is CC1CCCN(C(C)c2ccccc2O)C1CN. The Labute approximate surface area is 110 Å². The number of para-hydroxylation sites is 1. The highest BCUT2D eigenvalue weighted by Crippen LogP contribution is 2.34. The molecule has 1 aromatic carbocycles. The summed E-state index contributed by atoms with van der Waals surface area (Å²) < 4.78 is 0. The molecule has 0 aliphatic carbocycles. The highest BCUT2D eigenvalue weighted by Gasteiger charge is 2.31. The first kappa shape index (κ1) is 13.4. The van der Waals surface area contributed by atoms with Crippen LogP contribution in [0.4, 0.5) is 0 Å². The molecule has 1 aromatic rings. The number of phenolic OH excluding ortho intramolecular Hbond substituents is 1. The van der Waals surface area contributed by atoms with Crippen molar-refractivity contribution in [3.05, 3.63) is 29.8 Å². The Morgan fingerprint density at radius 2 is 2.17 bits per heavy atom. The van der Waals surface area contributed by atoms with Crippen molar-refractivity contribution in [2.45, 2.75) is 38.8 Å². The second kappa shape index (κ2) is 5.72. The minimum absolute atomic E-state index is 0.225. The second-order valence-electron chi connectivity index (χ2n) is 5.40. The molecule has 3 unspecified atom stereocenters. The first-order valence-corrected chi connectivity index (χ1v) is 6.89. The number of piperidine rings is 1. The maximum Gasteiger partial charge on any atom is 0.120 e. The van der Waals surface area contributed by atoms with Crippen molar-refractivity contribution in [1.82, 2.24) is 4.90 Å². The van der Waals surface area contributed by atoms with E-state index in [1.807, 2.05) is 18.2 Å². The molecule has 0 spiro atoms. The highest BCUT2D eigenvalue weighted by molar-refractivity contribution is 5.34. The summed E-state index contributed by atoms with van der Waals surface area (Å²) in [5.41, 5.74) is 6.94. The third kappa shape index (κ3) is 2.52. The van der Waals surface area contributed by atoms with Gasteiger partial charge in [0.1, 0.15) is 5.75 Å². The van der Waals surface area contributed by atoms with Gasteiger partial charge >= 0.3 is 0 Å². The summed E-state index contributed by atoms with van der Waals surface area (Å²) in [4.78, 5) is 2.45. The van der Waals surface area contributed by atoms with Crippen molar-refractivity contribution in [3.63, 3.8) is 0 Å². The molecule has 1 fully saturated rings. The lowest BCUT2D eigenvalue weighted by atomic mass is 9.88. The molecule has 3 N–H and O–H groups in total. The molecular weight excluding hydrogens is 224 g/mol. The number of nitrogens with two attached hydrogens (primary N) is 1. The maximum atomic E-state index is 9.98. The predicted molar refractivity (Wildman–Crippen MR) is 74.5 cm³/mol. The molecule has 3 atom stereocenters. The van der Waals surface area contributed by atoms with Crippen molar-refractivity contribution in [1.29, 1.82) is 0 Å². The Hall–Kier alpha value is -1.06. The topological polar surface area (TPSA) is 49.5 Å². The second-order valence-corrected chi connectivity index (χ2v) is 5.40. The number of rotatable bonds is 3. The molecule has 100 valence electrons. The third-order valence-electron chi connectivity index (χ3n) is 4.28. The molecule has 3 heteroatoms. The molecule has 2 rings (SSSR count). The van der Waals surface area contributed by atoms with E-state index in [2.05, 4.69) is 18.7 Å². The van der Waals surface area contributed by atoms with Gasteiger partial charge in [0, 0.05) is 24.2 Å². The first-order chi connectivity index (χ1) is 8.65. The average Bonchev–Trinajstić information content (AvgIpc) is 2.38. The van der Waals surface area contributed by atoms with Crippen LogP contribution in [0.2, 0.25) is 0 Å². The normalized spacial score (nSPS) is 27.1. The lowest BCUT2D eigenvalue weighted by Crippen LogP contribution is -2.49. The number of hydrogen-bond donors (Lipinski definition) is 2. The zero-order chi connectivity index (χ0) is 13.1. The molecule has 3 nitrogen and oxygen atoms in total. The summed E-state index contributed by atoms with van der Waals surface area (Å²) in [6, 6.07) is 8.26. The molecule has 0 aromatic heterocycles. The van der Waals surface area contributed by atoms with Crippen molar-refractivity contribution in [2.24, 2.45) is 11.7 Å². The Kier molecular flexibility index (Phi) is 4.25. The van der Waals surface area contributed by atoms with Crippen LogP contribution in [0.5, 0.6) is 5.75 Å². The Balaban J connectivity index is 2.21. The fourth-order valence-corrected chi connectivity index (χ4v) is 3.15. The van der Waals surface area contributed by atoms with Gasteiger partial charge in [0.2, 0.25) is 0 Å². The number of aromatic hydroxyl groups is 1. The van der Waals surface area contributed by atoms with Crippen LogP contribution in [0.15, 0.2) is 24.3 Å². The van der Waals surface area contributed by atoms with Crippen molar-refractivity contribution >= 4 is 0 Å². The summed E-state index contributed by atoms with van der Waals surface area (Å²) in [5.74, 6) is 1.02. The molecule has 1 heterocycles. The summed E-state index contributed by atoms with van der Waals surface area (Å²) in [6.45, 7) is 6.21. The van der Waals surface area contributed by atoms with Crippen molar-refractivity contribution in [2.75, 3.05) is 13.1 Å². The fourth-order valence-electron chi connectivity index (χ4n) is 3.15. The molecule has 1 saturated heterocycles. The van der Waals surface area contributed by atoms with Crippen LogP contribution < -0.4 is 5.73 Å². The fraction of sp³-hybridized carbons (Fsp3) is 0.600. The molecule has 0 radical (unpaired) electrons. The van der Waals surface area contributed by atoms with E-state index in [0.717, 1.165) is 12.1 Å². The summed E-state index contributed by atoms with van der Waals surface area (Å²) in [7, 11) is 0. The minimum Gasteiger partial charge on any atom is -0.508 e. The van der Waals surface area contributed by atoms with Crippen LogP contribution in [-0.2, 0) is 0 Å². The van der Waals surface area contributed by atoms with Crippen molar-refractivity contribution in [3.8, 4) is 5.75 Å². The molecule has 0 bridgehead atoms. The first-order valence-electron chi connectivity index (χ1n) is 6.89. The zero-order valence-corrected chi connectivity index (χ0v) is 11.3. The largest absolute Gasteiger partial charge is 0.508 e. The van der Waals surface area contributed by atoms with Gasteiger partial charge in [-0.2, -0.15) is 0 Å². The van der Waals surface area contributed by atoms with E-state index in [-0.39, 0.29) is 6.04 Å². The molecular formula is C15H24N2O. The van der Waals surface area contributed by atoms with Gasteiger partial charge in [0.25, 0.3) is 0 Å². The third-order valence-corrected chi connectivity index (χ3v) is 4.28. The van der Waals surface area contributed by atoms with E-state index in [9.17, 15) is 5.11 Å². The lowest BCUT2D eigenvalue weighted by molar-refractivity contribution is 0.0680. The van der Waals surface area contributed by atoms with Gasteiger partial charge < -0.3 is 10.8 Å². The van der Waals surface area contributed by atoms with Gasteiger partial charge in [0.05, 0.1) is 0 Å². The standard InChI is InChI=1S/C15H24N2O/c1-11-6-5-9-17(14(11)10-16)12(2)13-7-3-4-8-15(13)18/h3-4,7-8,11-12,14,18H,5-6,9-10,16H2,1-2H3.